The minimum absolute atomic E-state index is 0.0488. The van der Waals surface area contributed by atoms with E-state index in [0.717, 1.165) is 16.8 Å². The number of aromatic nitrogens is 3. The second-order valence-corrected chi connectivity index (χ2v) is 16.3. The summed E-state index contributed by atoms with van der Waals surface area (Å²) in [5.41, 5.74) is 6.37. The first-order chi connectivity index (χ1) is 29.7. The predicted molar refractivity (Wildman–Crippen MR) is 243 cm³/mol. The van der Waals surface area contributed by atoms with Gasteiger partial charge in [0.05, 0.1) is 45.2 Å². The van der Waals surface area contributed by atoms with Crippen molar-refractivity contribution in [3.8, 4) is 27.9 Å². The van der Waals surface area contributed by atoms with Gasteiger partial charge < -0.3 is 29.6 Å². The zero-order valence-electron chi connectivity index (χ0n) is 35.1. The van der Waals surface area contributed by atoms with Crippen LogP contribution >= 0.6 is 31.9 Å². The molecule has 0 aliphatic heterocycles. The molecule has 0 saturated heterocycles. The molecule has 324 valence electrons. The van der Waals surface area contributed by atoms with Gasteiger partial charge in [-0.05, 0) is 133 Å². The van der Waals surface area contributed by atoms with Crippen molar-refractivity contribution >= 4 is 77.4 Å². The summed E-state index contributed by atoms with van der Waals surface area (Å²) in [7, 11) is 0. The number of aryl methyl sites for hydroxylation is 5. The van der Waals surface area contributed by atoms with Gasteiger partial charge in [0, 0.05) is 62.8 Å². The molecule has 2 amide bonds. The van der Waals surface area contributed by atoms with Crippen LogP contribution in [0.15, 0.2) is 101 Å². The monoisotopic (exact) mass is 986 g/mol. The number of pyridine rings is 1. The van der Waals surface area contributed by atoms with Crippen molar-refractivity contribution < 1.29 is 36.6 Å². The van der Waals surface area contributed by atoms with Crippen LogP contribution in [0.5, 0.6) is 0 Å². The molecule has 0 radical (unpaired) electrons. The fourth-order valence-corrected chi connectivity index (χ4v) is 7.86. The molecule has 3 aromatic heterocycles. The molecule has 17 heteroatoms. The highest BCUT2D eigenvalue weighted by atomic mass is 79.9. The summed E-state index contributed by atoms with van der Waals surface area (Å²) in [6.07, 6.45) is 1.17. The number of halogens is 5. The van der Waals surface area contributed by atoms with E-state index in [2.05, 4.69) is 58.1 Å². The SMILES string of the molecule is CC(=O)Nc1cc(-n2c(C)cc(=O)c3ccc(-c4c(C)noc4C)cc32)c(F)cc1Br.CC(=O)Nc1cc(N/C(C)=C\C(=O)c2ccc(-c3c(C)noc3C)cc2F)c(F)cc1Br. The van der Waals surface area contributed by atoms with Crippen LogP contribution in [-0.4, -0.2) is 32.5 Å². The van der Waals surface area contributed by atoms with E-state index < -0.39 is 23.2 Å². The number of carbonyl (C=O) groups is 3. The van der Waals surface area contributed by atoms with Gasteiger partial charge in [0.15, 0.2) is 11.2 Å². The van der Waals surface area contributed by atoms with Gasteiger partial charge in [-0.15, -0.1) is 0 Å². The molecule has 7 aromatic rings. The Morgan fingerprint density at radius 1 is 0.651 bits per heavy atom. The average molecular weight is 989 g/mol. The Hall–Kier alpha value is -6.59. The zero-order chi connectivity index (χ0) is 46.0. The Labute approximate surface area is 375 Å². The van der Waals surface area contributed by atoms with Gasteiger partial charge in [-0.1, -0.05) is 22.4 Å². The highest BCUT2D eigenvalue weighted by molar-refractivity contribution is 9.11. The lowest BCUT2D eigenvalue weighted by atomic mass is 10.0. The van der Waals surface area contributed by atoms with E-state index in [9.17, 15) is 28.0 Å². The summed E-state index contributed by atoms with van der Waals surface area (Å²) < 4.78 is 56.9. The summed E-state index contributed by atoms with van der Waals surface area (Å²) in [5.74, 6) is -1.77. The molecule has 63 heavy (non-hydrogen) atoms. The first-order valence-electron chi connectivity index (χ1n) is 19.1. The van der Waals surface area contributed by atoms with Crippen molar-refractivity contribution in [1.82, 2.24) is 14.9 Å². The third-order valence-electron chi connectivity index (χ3n) is 9.71. The maximum Gasteiger partial charge on any atom is 0.221 e. The van der Waals surface area contributed by atoms with Crippen LogP contribution in [0.3, 0.4) is 0 Å². The van der Waals surface area contributed by atoms with Crippen molar-refractivity contribution in [2.24, 2.45) is 0 Å². The fourth-order valence-electron chi connectivity index (χ4n) is 7.03. The number of amides is 2. The van der Waals surface area contributed by atoms with E-state index in [1.165, 1.54) is 56.3 Å². The van der Waals surface area contributed by atoms with Crippen LogP contribution in [0.1, 0.15) is 59.7 Å². The molecular formula is C46H39Br2F3N6O6. The summed E-state index contributed by atoms with van der Waals surface area (Å²) in [6.45, 7) is 13.1. The second kappa shape index (κ2) is 18.8. The molecule has 7 rings (SSSR count). The molecule has 0 bridgehead atoms. The first-order valence-corrected chi connectivity index (χ1v) is 20.7. The number of ketones is 1. The number of nitrogens with one attached hydrogen (secondary N) is 3. The van der Waals surface area contributed by atoms with Crippen LogP contribution in [0, 0.1) is 52.1 Å². The van der Waals surface area contributed by atoms with Gasteiger partial charge in [-0.3, -0.25) is 19.2 Å². The molecule has 3 heterocycles. The maximum absolute atomic E-state index is 15.1. The Bertz CT molecular complexity index is 3040. The lowest BCUT2D eigenvalue weighted by Crippen LogP contribution is -2.13. The number of carbonyl (C=O) groups excluding carboxylic acids is 3. The van der Waals surface area contributed by atoms with Gasteiger partial charge in [0.25, 0.3) is 0 Å². The van der Waals surface area contributed by atoms with Crippen molar-refractivity contribution in [1.29, 1.82) is 0 Å². The maximum atomic E-state index is 15.1. The third kappa shape index (κ3) is 10.1. The number of hydrogen-bond acceptors (Lipinski definition) is 9. The number of allylic oxidation sites excluding steroid dienone is 2. The zero-order valence-corrected chi connectivity index (χ0v) is 38.3. The lowest BCUT2D eigenvalue weighted by molar-refractivity contribution is -0.115. The Kier molecular flexibility index (Phi) is 13.7. The first kappa shape index (κ1) is 45.9. The molecule has 0 aliphatic rings. The minimum atomic E-state index is -0.695. The fraction of sp³-hybridized carbons (Fsp3) is 0.174. The van der Waals surface area contributed by atoms with Crippen LogP contribution in [0.4, 0.5) is 30.2 Å². The van der Waals surface area contributed by atoms with Gasteiger partial charge in [0.1, 0.15) is 29.0 Å². The molecule has 0 fully saturated rings. The van der Waals surface area contributed by atoms with Gasteiger partial charge in [-0.25, -0.2) is 13.2 Å². The molecule has 4 aromatic carbocycles. The van der Waals surface area contributed by atoms with E-state index in [1.54, 1.807) is 50.5 Å². The standard InChI is InChI=1S/C23H20BrF2N3O3.C23H19BrFN3O3/c1-11(27-21-10-20(28-14(4)30)17(24)9-19(21)26)7-22(31)16-6-5-15(8-18(16)25)23-12(2)29-32-13(23)3;1-11-7-22(30)16-6-5-15(23-12(2)27-31-13(23)3)8-20(16)28(11)21-10-19(26-14(4)29)17(24)9-18(21)25/h5-10,27H,1-4H3,(H,28,30);5-10H,1-4H3,(H,26,29)/b11-7-;. The number of fused-ring (bicyclic) bond motifs is 1. The van der Waals surface area contributed by atoms with Crippen molar-refractivity contribution in [2.45, 2.75) is 55.4 Å². The summed E-state index contributed by atoms with van der Waals surface area (Å²) in [4.78, 5) is 48.1. The number of nitrogens with zero attached hydrogens (tertiary/aromatic N) is 3. The minimum Gasteiger partial charge on any atom is -0.361 e. The Morgan fingerprint density at radius 2 is 1.19 bits per heavy atom. The Balaban J connectivity index is 0.000000210. The summed E-state index contributed by atoms with van der Waals surface area (Å²) >= 11 is 6.47. The van der Waals surface area contributed by atoms with Crippen LogP contribution in [0.2, 0.25) is 0 Å². The second-order valence-electron chi connectivity index (χ2n) is 14.6. The van der Waals surface area contributed by atoms with Gasteiger partial charge >= 0.3 is 0 Å². The summed E-state index contributed by atoms with van der Waals surface area (Å²) in [5, 5.41) is 16.3. The Morgan fingerprint density at radius 3 is 1.73 bits per heavy atom. The molecule has 0 saturated carbocycles. The summed E-state index contributed by atoms with van der Waals surface area (Å²) in [6, 6.07) is 16.5. The molecule has 0 aliphatic carbocycles. The molecule has 0 atom stereocenters. The topological polar surface area (TPSA) is 161 Å². The van der Waals surface area contributed by atoms with E-state index in [4.69, 9.17) is 9.05 Å². The van der Waals surface area contributed by atoms with E-state index in [1.807, 2.05) is 26.0 Å². The molecular weight excluding hydrogens is 949 g/mol. The van der Waals surface area contributed by atoms with Crippen LogP contribution < -0.4 is 21.4 Å². The van der Waals surface area contributed by atoms with Crippen molar-refractivity contribution in [2.75, 3.05) is 16.0 Å². The predicted octanol–water partition coefficient (Wildman–Crippen LogP) is 11.6. The number of rotatable bonds is 9. The highest BCUT2D eigenvalue weighted by Crippen LogP contribution is 2.34. The average Bonchev–Trinajstić information content (AvgIpc) is 3.72. The van der Waals surface area contributed by atoms with Crippen molar-refractivity contribution in [3.63, 3.8) is 0 Å². The van der Waals surface area contributed by atoms with E-state index in [-0.39, 0.29) is 34.2 Å². The number of benzene rings is 4. The van der Waals surface area contributed by atoms with Gasteiger partial charge in [0.2, 0.25) is 11.8 Å². The molecule has 0 spiro atoms. The number of hydrogen-bond donors (Lipinski definition) is 3. The molecule has 3 N–H and O–H groups in total. The lowest BCUT2D eigenvalue weighted by Gasteiger charge is -2.18. The smallest absolute Gasteiger partial charge is 0.221 e. The third-order valence-corrected chi connectivity index (χ3v) is 11.0. The molecule has 12 nitrogen and oxygen atoms in total. The quantitative estimate of drug-likeness (QED) is 0.0944. The highest BCUT2D eigenvalue weighted by Gasteiger charge is 2.20. The normalized spacial score (nSPS) is 11.3. The van der Waals surface area contributed by atoms with Crippen molar-refractivity contribution in [3.05, 3.63) is 149 Å². The van der Waals surface area contributed by atoms with Crippen LogP contribution in [0.25, 0.3) is 38.8 Å². The van der Waals surface area contributed by atoms with E-state index >= 15 is 4.39 Å². The van der Waals surface area contributed by atoms with E-state index in [0.29, 0.717) is 71.0 Å². The largest absolute Gasteiger partial charge is 0.361 e. The van der Waals surface area contributed by atoms with Crippen LogP contribution in [-0.2, 0) is 9.59 Å². The molecule has 0 unspecified atom stereocenters. The number of anilines is 3. The van der Waals surface area contributed by atoms with Gasteiger partial charge in [-0.2, -0.15) is 0 Å².